The number of hydrogen-bond acceptors (Lipinski definition) is 6. The summed E-state index contributed by atoms with van der Waals surface area (Å²) in [5.74, 6) is -0.442. The van der Waals surface area contributed by atoms with Crippen LogP contribution in [0, 0.1) is 0 Å². The zero-order valence-corrected chi connectivity index (χ0v) is 17.1. The molecule has 0 aromatic heterocycles. The largest absolute Gasteiger partial charge is 0.444 e. The van der Waals surface area contributed by atoms with Crippen LogP contribution in [0.5, 0.6) is 0 Å². The van der Waals surface area contributed by atoms with Crippen molar-refractivity contribution >= 4 is 18.0 Å². The van der Waals surface area contributed by atoms with Crippen molar-refractivity contribution in [2.75, 3.05) is 26.2 Å². The summed E-state index contributed by atoms with van der Waals surface area (Å²) in [7, 11) is 0. The number of likely N-dealkylation sites (tertiary alicyclic amines) is 1. The molecule has 2 aliphatic rings. The van der Waals surface area contributed by atoms with Crippen LogP contribution in [-0.4, -0.2) is 82.0 Å². The molecule has 0 spiro atoms. The van der Waals surface area contributed by atoms with Gasteiger partial charge in [0.15, 0.2) is 0 Å². The van der Waals surface area contributed by atoms with Gasteiger partial charge in [-0.05, 0) is 53.4 Å². The highest BCUT2D eigenvalue weighted by Crippen LogP contribution is 2.21. The Balaban J connectivity index is 1.87. The summed E-state index contributed by atoms with van der Waals surface area (Å²) < 4.78 is 5.45. The quantitative estimate of drug-likeness (QED) is 0.537. The molecule has 0 radical (unpaired) electrons. The number of nitrogens with one attached hydrogen (secondary N) is 1. The SMILES string of the molecule is CCN1C(=O)N(O)CCC1C(=O)NOC[C@@H]1CCCCN1C(=O)OC(C)(C)C. The van der Waals surface area contributed by atoms with Crippen molar-refractivity contribution in [1.29, 1.82) is 0 Å². The molecular formula is C18H32N4O6. The minimum absolute atomic E-state index is 0.0858. The van der Waals surface area contributed by atoms with Crippen molar-refractivity contribution in [1.82, 2.24) is 20.3 Å². The molecule has 2 N–H and O–H groups in total. The van der Waals surface area contributed by atoms with Crippen LogP contribution in [-0.2, 0) is 14.4 Å². The zero-order valence-electron chi connectivity index (χ0n) is 17.1. The second-order valence-electron chi connectivity index (χ2n) is 8.10. The fourth-order valence-electron chi connectivity index (χ4n) is 3.42. The minimum atomic E-state index is -0.700. The molecule has 2 fully saturated rings. The first-order valence-electron chi connectivity index (χ1n) is 9.82. The van der Waals surface area contributed by atoms with Crippen LogP contribution in [0.1, 0.15) is 53.4 Å². The number of ether oxygens (including phenoxy) is 1. The van der Waals surface area contributed by atoms with Crippen molar-refractivity contribution in [3.05, 3.63) is 0 Å². The van der Waals surface area contributed by atoms with E-state index in [1.165, 1.54) is 4.90 Å². The summed E-state index contributed by atoms with van der Waals surface area (Å²) in [6, 6.07) is -1.49. The predicted molar refractivity (Wildman–Crippen MR) is 99.3 cm³/mol. The Hall–Kier alpha value is -2.07. The molecule has 160 valence electrons. The summed E-state index contributed by atoms with van der Waals surface area (Å²) in [4.78, 5) is 45.1. The van der Waals surface area contributed by atoms with E-state index >= 15 is 0 Å². The average Bonchev–Trinajstić information content (AvgIpc) is 2.62. The monoisotopic (exact) mass is 400 g/mol. The van der Waals surface area contributed by atoms with E-state index in [1.807, 2.05) is 20.8 Å². The fraction of sp³-hybridized carbons (Fsp3) is 0.833. The summed E-state index contributed by atoms with van der Waals surface area (Å²) in [6.07, 6.45) is 2.55. The molecule has 2 atom stereocenters. The van der Waals surface area contributed by atoms with Crippen LogP contribution < -0.4 is 5.48 Å². The maximum atomic E-state index is 12.4. The number of nitrogens with zero attached hydrogens (tertiary/aromatic N) is 3. The third-order valence-electron chi connectivity index (χ3n) is 4.80. The molecule has 28 heavy (non-hydrogen) atoms. The molecule has 0 aliphatic carbocycles. The van der Waals surface area contributed by atoms with Gasteiger partial charge in [-0.1, -0.05) is 0 Å². The first kappa shape index (κ1) is 22.2. The zero-order chi connectivity index (χ0) is 20.9. The minimum Gasteiger partial charge on any atom is -0.444 e. The van der Waals surface area contributed by atoms with Crippen molar-refractivity contribution in [3.8, 4) is 0 Å². The summed E-state index contributed by atoms with van der Waals surface area (Å²) in [5, 5.41) is 10.1. The van der Waals surface area contributed by atoms with Gasteiger partial charge in [0.05, 0.1) is 19.2 Å². The molecule has 10 heteroatoms. The third-order valence-corrected chi connectivity index (χ3v) is 4.80. The number of piperidine rings is 1. The van der Waals surface area contributed by atoms with E-state index in [0.717, 1.165) is 19.3 Å². The third kappa shape index (κ3) is 5.71. The maximum Gasteiger partial charge on any atom is 0.410 e. The molecule has 2 heterocycles. The van der Waals surface area contributed by atoms with Gasteiger partial charge in [0, 0.05) is 13.1 Å². The molecule has 0 bridgehead atoms. The topological polar surface area (TPSA) is 112 Å². The second kappa shape index (κ2) is 9.42. The molecule has 2 saturated heterocycles. The Morgan fingerprint density at radius 1 is 1.21 bits per heavy atom. The maximum absolute atomic E-state index is 12.4. The number of urea groups is 1. The van der Waals surface area contributed by atoms with Gasteiger partial charge < -0.3 is 14.5 Å². The number of likely N-dealkylation sites (N-methyl/N-ethyl adjacent to an activating group) is 1. The molecule has 4 amide bonds. The fourth-order valence-corrected chi connectivity index (χ4v) is 3.42. The number of rotatable bonds is 5. The smallest absolute Gasteiger partial charge is 0.410 e. The van der Waals surface area contributed by atoms with E-state index in [1.54, 1.807) is 11.8 Å². The summed E-state index contributed by atoms with van der Waals surface area (Å²) in [6.45, 7) is 8.30. The van der Waals surface area contributed by atoms with Gasteiger partial charge in [0.1, 0.15) is 11.6 Å². The second-order valence-corrected chi connectivity index (χ2v) is 8.10. The first-order chi connectivity index (χ1) is 13.1. The standard InChI is InChI=1S/C18H32N4O6/c1-5-20-14(9-11-22(26)16(20)24)15(23)19-27-12-13-8-6-7-10-21(13)17(25)28-18(2,3)4/h13-14,26H,5-12H2,1-4H3,(H,19,23)/t13-,14?/m0/s1. The van der Waals surface area contributed by atoms with Crippen LogP contribution in [0.15, 0.2) is 0 Å². The van der Waals surface area contributed by atoms with Crippen LogP contribution >= 0.6 is 0 Å². The first-order valence-corrected chi connectivity index (χ1v) is 9.82. The Bertz CT molecular complexity index is 579. The Labute approximate surface area is 165 Å². The van der Waals surface area contributed by atoms with Crippen molar-refractivity contribution in [2.45, 2.75) is 71.1 Å². The van der Waals surface area contributed by atoms with E-state index < -0.39 is 23.6 Å². The van der Waals surface area contributed by atoms with Crippen LogP contribution in [0.25, 0.3) is 0 Å². The summed E-state index contributed by atoms with van der Waals surface area (Å²) in [5.41, 5.74) is 1.82. The number of amides is 4. The van der Waals surface area contributed by atoms with Gasteiger partial charge in [-0.15, -0.1) is 0 Å². The van der Waals surface area contributed by atoms with Crippen molar-refractivity contribution < 1.29 is 29.2 Å². The molecule has 0 aromatic carbocycles. The number of carbonyl (C=O) groups is 3. The lowest BCUT2D eigenvalue weighted by Crippen LogP contribution is -2.58. The molecule has 2 rings (SSSR count). The van der Waals surface area contributed by atoms with E-state index in [-0.39, 0.29) is 25.3 Å². The van der Waals surface area contributed by atoms with Gasteiger partial charge in [0.25, 0.3) is 5.91 Å². The highest BCUT2D eigenvalue weighted by molar-refractivity contribution is 5.87. The van der Waals surface area contributed by atoms with E-state index in [0.29, 0.717) is 24.6 Å². The van der Waals surface area contributed by atoms with E-state index in [9.17, 15) is 19.6 Å². The van der Waals surface area contributed by atoms with Gasteiger partial charge in [-0.2, -0.15) is 0 Å². The normalized spacial score (nSPS) is 23.6. The molecule has 0 aromatic rings. The lowest BCUT2D eigenvalue weighted by molar-refractivity contribution is -0.145. The number of hydroxylamine groups is 3. The molecule has 0 saturated carbocycles. The Kier molecular flexibility index (Phi) is 7.48. The van der Waals surface area contributed by atoms with Gasteiger partial charge in [-0.3, -0.25) is 14.8 Å². The molecule has 10 nitrogen and oxygen atoms in total. The van der Waals surface area contributed by atoms with Gasteiger partial charge >= 0.3 is 12.1 Å². The van der Waals surface area contributed by atoms with Crippen molar-refractivity contribution in [2.24, 2.45) is 0 Å². The summed E-state index contributed by atoms with van der Waals surface area (Å²) >= 11 is 0. The lowest BCUT2D eigenvalue weighted by Gasteiger charge is -2.38. The average molecular weight is 400 g/mol. The number of hydrogen-bond donors (Lipinski definition) is 2. The van der Waals surface area contributed by atoms with Gasteiger partial charge in [-0.25, -0.2) is 20.1 Å². The predicted octanol–water partition coefficient (Wildman–Crippen LogP) is 1.73. The van der Waals surface area contributed by atoms with Crippen LogP contribution in [0.3, 0.4) is 0 Å². The highest BCUT2D eigenvalue weighted by Gasteiger charge is 2.36. The van der Waals surface area contributed by atoms with Crippen LogP contribution in [0.2, 0.25) is 0 Å². The van der Waals surface area contributed by atoms with Crippen molar-refractivity contribution in [3.63, 3.8) is 0 Å². The lowest BCUT2D eigenvalue weighted by atomic mass is 10.0. The Morgan fingerprint density at radius 2 is 1.93 bits per heavy atom. The van der Waals surface area contributed by atoms with Crippen LogP contribution in [0.4, 0.5) is 9.59 Å². The van der Waals surface area contributed by atoms with E-state index in [4.69, 9.17) is 9.57 Å². The molecule has 1 unspecified atom stereocenters. The van der Waals surface area contributed by atoms with Gasteiger partial charge in [0.2, 0.25) is 0 Å². The molecule has 2 aliphatic heterocycles. The number of carbonyl (C=O) groups excluding carboxylic acids is 3. The molecular weight excluding hydrogens is 368 g/mol. The Morgan fingerprint density at radius 3 is 2.57 bits per heavy atom. The van der Waals surface area contributed by atoms with E-state index in [2.05, 4.69) is 5.48 Å². The highest BCUT2D eigenvalue weighted by atomic mass is 16.7.